The predicted molar refractivity (Wildman–Crippen MR) is 79.7 cm³/mol. The lowest BCUT2D eigenvalue weighted by atomic mass is 9.73. The molecule has 2 unspecified atom stereocenters. The van der Waals surface area contributed by atoms with Gasteiger partial charge in [-0.05, 0) is 34.8 Å². The summed E-state index contributed by atoms with van der Waals surface area (Å²) in [5, 5.41) is 11.7. The van der Waals surface area contributed by atoms with Crippen LogP contribution in [0.15, 0.2) is 16.6 Å². The highest BCUT2D eigenvalue weighted by Crippen LogP contribution is 2.39. The zero-order chi connectivity index (χ0) is 15.6. The van der Waals surface area contributed by atoms with Crippen molar-refractivity contribution in [1.82, 2.24) is 0 Å². The molecule has 1 aliphatic rings. The lowest BCUT2D eigenvalue weighted by molar-refractivity contribution is -0.151. The Labute approximate surface area is 130 Å². The number of ether oxygens (including phenoxy) is 2. The average Bonchev–Trinajstić information content (AvgIpc) is 2.36. The maximum Gasteiger partial charge on any atom is 0.307 e. The number of methoxy groups -OCH3 is 2. The minimum absolute atomic E-state index is 0.302. The maximum absolute atomic E-state index is 12.2. The molecular formula is C14H16BrNO5. The molecule has 114 valence electrons. The lowest BCUT2D eigenvalue weighted by Crippen LogP contribution is -2.41. The van der Waals surface area contributed by atoms with Gasteiger partial charge in [-0.1, -0.05) is 0 Å². The molecule has 6 nitrogen and oxygen atoms in total. The fourth-order valence-electron chi connectivity index (χ4n) is 2.29. The number of carboxylic acid groups (broad SMARTS) is 1. The number of carboxylic acids is 1. The topological polar surface area (TPSA) is 84.9 Å². The molecule has 1 aromatic carbocycles. The van der Waals surface area contributed by atoms with Crippen LogP contribution >= 0.6 is 15.9 Å². The Bertz CT molecular complexity index is 575. The van der Waals surface area contributed by atoms with Crippen LogP contribution in [0.25, 0.3) is 0 Å². The Hall–Kier alpha value is -1.76. The van der Waals surface area contributed by atoms with Crippen molar-refractivity contribution in [3.63, 3.8) is 0 Å². The molecule has 0 bridgehead atoms. The van der Waals surface area contributed by atoms with Gasteiger partial charge < -0.3 is 19.9 Å². The number of hydrogen-bond acceptors (Lipinski definition) is 4. The van der Waals surface area contributed by atoms with Crippen molar-refractivity contribution in [2.45, 2.75) is 12.8 Å². The highest BCUT2D eigenvalue weighted by atomic mass is 79.9. The number of rotatable bonds is 5. The summed E-state index contributed by atoms with van der Waals surface area (Å²) in [4.78, 5) is 23.1. The van der Waals surface area contributed by atoms with Crippen LogP contribution in [0.4, 0.5) is 5.69 Å². The van der Waals surface area contributed by atoms with E-state index in [-0.39, 0.29) is 5.91 Å². The number of carbonyl (C=O) groups is 2. The van der Waals surface area contributed by atoms with Crippen LogP contribution in [0.2, 0.25) is 0 Å². The Morgan fingerprint density at radius 1 is 1.19 bits per heavy atom. The van der Waals surface area contributed by atoms with Crippen LogP contribution in [-0.2, 0) is 9.59 Å². The van der Waals surface area contributed by atoms with Gasteiger partial charge in [-0.2, -0.15) is 0 Å². The van der Waals surface area contributed by atoms with E-state index in [1.54, 1.807) is 12.1 Å². The van der Waals surface area contributed by atoms with E-state index in [0.717, 1.165) is 0 Å². The number of amides is 1. The maximum atomic E-state index is 12.2. The van der Waals surface area contributed by atoms with Gasteiger partial charge in [0, 0.05) is 6.07 Å². The van der Waals surface area contributed by atoms with Crippen LogP contribution in [0.3, 0.4) is 0 Å². The number of aliphatic carboxylic acids is 1. The fraction of sp³-hybridized carbons (Fsp3) is 0.429. The second kappa shape index (κ2) is 6.34. The van der Waals surface area contributed by atoms with E-state index in [9.17, 15) is 9.59 Å². The van der Waals surface area contributed by atoms with Gasteiger partial charge >= 0.3 is 5.97 Å². The van der Waals surface area contributed by atoms with Crippen molar-refractivity contribution in [1.29, 1.82) is 0 Å². The van der Waals surface area contributed by atoms with Crippen molar-refractivity contribution in [3.05, 3.63) is 16.6 Å². The van der Waals surface area contributed by atoms with Gasteiger partial charge in [0.1, 0.15) is 11.5 Å². The van der Waals surface area contributed by atoms with Gasteiger partial charge in [-0.3, -0.25) is 9.59 Å². The number of hydrogen-bond donors (Lipinski definition) is 2. The van der Waals surface area contributed by atoms with Gasteiger partial charge in [0.2, 0.25) is 5.91 Å². The number of benzene rings is 1. The molecule has 1 saturated carbocycles. The summed E-state index contributed by atoms with van der Waals surface area (Å²) >= 11 is 3.34. The van der Waals surface area contributed by atoms with E-state index in [2.05, 4.69) is 21.2 Å². The van der Waals surface area contributed by atoms with Gasteiger partial charge in [0.05, 0.1) is 36.2 Å². The summed E-state index contributed by atoms with van der Waals surface area (Å²) in [5.41, 5.74) is 0.478. The van der Waals surface area contributed by atoms with Crippen molar-refractivity contribution in [2.75, 3.05) is 19.5 Å². The molecule has 0 spiro atoms. The van der Waals surface area contributed by atoms with Gasteiger partial charge in [-0.15, -0.1) is 0 Å². The minimum Gasteiger partial charge on any atom is -0.495 e. The van der Waals surface area contributed by atoms with E-state index in [4.69, 9.17) is 14.6 Å². The lowest BCUT2D eigenvalue weighted by Gasteiger charge is -2.32. The molecule has 2 N–H and O–H groups in total. The van der Waals surface area contributed by atoms with Crippen LogP contribution in [-0.4, -0.2) is 31.2 Å². The van der Waals surface area contributed by atoms with E-state index in [1.807, 2.05) is 0 Å². The molecule has 0 saturated heterocycles. The summed E-state index contributed by atoms with van der Waals surface area (Å²) in [5.74, 6) is -1.29. The Morgan fingerprint density at radius 3 is 2.29 bits per heavy atom. The van der Waals surface area contributed by atoms with Crippen molar-refractivity contribution < 1.29 is 24.2 Å². The normalized spacial score (nSPS) is 20.3. The van der Waals surface area contributed by atoms with Crippen LogP contribution < -0.4 is 14.8 Å². The van der Waals surface area contributed by atoms with Crippen molar-refractivity contribution in [2.24, 2.45) is 11.8 Å². The fourth-order valence-corrected chi connectivity index (χ4v) is 2.80. The highest BCUT2D eigenvalue weighted by Gasteiger charge is 2.41. The number of halogens is 1. The first kappa shape index (κ1) is 15.6. The third-order valence-electron chi connectivity index (χ3n) is 3.66. The number of carbonyl (C=O) groups excluding carboxylic acids is 1. The number of anilines is 1. The summed E-state index contributed by atoms with van der Waals surface area (Å²) in [6, 6.07) is 3.32. The molecule has 7 heteroatoms. The summed E-state index contributed by atoms with van der Waals surface area (Å²) < 4.78 is 11.0. The van der Waals surface area contributed by atoms with Crippen LogP contribution in [0.1, 0.15) is 12.8 Å². The second-order valence-electron chi connectivity index (χ2n) is 4.80. The molecule has 0 heterocycles. The summed E-state index contributed by atoms with van der Waals surface area (Å²) in [7, 11) is 3.02. The molecule has 1 fully saturated rings. The van der Waals surface area contributed by atoms with Crippen molar-refractivity contribution in [3.8, 4) is 11.5 Å². The molecule has 0 radical (unpaired) electrons. The standard InChI is InChI=1S/C14H16BrNO5/c1-20-11-6-12(21-2)10(5-9(11)15)16-13(17)7-3-4-8(7)14(18)19/h5-8H,3-4H2,1-2H3,(H,16,17)(H,18,19). The monoisotopic (exact) mass is 357 g/mol. The third-order valence-corrected chi connectivity index (χ3v) is 4.28. The molecule has 0 aliphatic heterocycles. The summed E-state index contributed by atoms with van der Waals surface area (Å²) in [6.07, 6.45) is 1.12. The average molecular weight is 358 g/mol. The molecular weight excluding hydrogens is 342 g/mol. The van der Waals surface area contributed by atoms with Crippen LogP contribution in [0.5, 0.6) is 11.5 Å². The van der Waals surface area contributed by atoms with E-state index >= 15 is 0 Å². The smallest absolute Gasteiger partial charge is 0.307 e. The zero-order valence-corrected chi connectivity index (χ0v) is 13.3. The largest absolute Gasteiger partial charge is 0.495 e. The molecule has 1 aromatic rings. The predicted octanol–water partition coefficient (Wildman–Crippen LogP) is 2.52. The second-order valence-corrected chi connectivity index (χ2v) is 5.66. The molecule has 1 aliphatic carbocycles. The molecule has 0 aromatic heterocycles. The first-order chi connectivity index (χ1) is 9.97. The first-order valence-corrected chi connectivity index (χ1v) is 7.22. The van der Waals surface area contributed by atoms with Crippen LogP contribution in [0, 0.1) is 11.8 Å². The zero-order valence-electron chi connectivity index (χ0n) is 11.7. The van der Waals surface area contributed by atoms with E-state index < -0.39 is 17.8 Å². The molecule has 1 amide bonds. The van der Waals surface area contributed by atoms with E-state index in [1.165, 1.54) is 14.2 Å². The Kier molecular flexibility index (Phi) is 4.72. The van der Waals surface area contributed by atoms with Gasteiger partial charge in [0.25, 0.3) is 0 Å². The van der Waals surface area contributed by atoms with Crippen molar-refractivity contribution >= 4 is 33.5 Å². The molecule has 2 rings (SSSR count). The molecule has 21 heavy (non-hydrogen) atoms. The SMILES string of the molecule is COc1cc(OC)c(NC(=O)C2CCC2C(=O)O)cc1Br. The minimum atomic E-state index is -0.927. The van der Waals surface area contributed by atoms with E-state index in [0.29, 0.717) is 34.5 Å². The van der Waals surface area contributed by atoms with Gasteiger partial charge in [0.15, 0.2) is 0 Å². The number of nitrogens with one attached hydrogen (secondary N) is 1. The summed E-state index contributed by atoms with van der Waals surface area (Å²) in [6.45, 7) is 0. The quantitative estimate of drug-likeness (QED) is 0.845. The highest BCUT2D eigenvalue weighted by molar-refractivity contribution is 9.10. The molecule has 2 atom stereocenters. The first-order valence-electron chi connectivity index (χ1n) is 6.43. The van der Waals surface area contributed by atoms with Gasteiger partial charge in [-0.25, -0.2) is 0 Å². The third kappa shape index (κ3) is 3.12. The Morgan fingerprint density at radius 2 is 1.81 bits per heavy atom. The Balaban J connectivity index is 2.17.